The molecular weight excluding hydrogens is 402 g/mol. The summed E-state index contributed by atoms with van der Waals surface area (Å²) in [6.07, 6.45) is 7.67. The van der Waals surface area contributed by atoms with Crippen LogP contribution in [0.15, 0.2) is 73.3 Å². The number of pyridine rings is 1. The van der Waals surface area contributed by atoms with Gasteiger partial charge < -0.3 is 10.2 Å². The summed E-state index contributed by atoms with van der Waals surface area (Å²) in [7, 11) is 1.84. The first-order chi connectivity index (χ1) is 15.6. The fraction of sp³-hybridized carbons (Fsp3) is 0.200. The van der Waals surface area contributed by atoms with Crippen LogP contribution in [-0.4, -0.2) is 38.0 Å². The standard InChI is InChI=1S/C25H21N5O2/c1-29-15-17(14-27-29)22-25(20-7-2-3-8-21(20)28-24(25)32)10-12-30(22)23(31)19-6-4-5-16-13-26-11-9-18(16)19/h2-9,11,13-15,22H,10,12H2,1H3,(H,28,32)/t22-,25+/m0/s1. The number of carbonyl (C=O) groups excluding carboxylic acids is 2. The minimum atomic E-state index is -0.846. The molecule has 0 aliphatic carbocycles. The predicted molar refractivity (Wildman–Crippen MR) is 120 cm³/mol. The highest BCUT2D eigenvalue weighted by Gasteiger charge is 2.59. The van der Waals surface area contributed by atoms with E-state index in [0.29, 0.717) is 18.5 Å². The Morgan fingerprint density at radius 2 is 2.00 bits per heavy atom. The van der Waals surface area contributed by atoms with Crippen molar-refractivity contribution in [3.63, 3.8) is 0 Å². The SMILES string of the molecule is Cn1cc([C@@H]2N(C(=O)c3cccc4cnccc34)CC[C@]23C(=O)Nc2ccccc23)cn1. The Morgan fingerprint density at radius 1 is 1.12 bits per heavy atom. The van der Waals surface area contributed by atoms with Gasteiger partial charge in [0, 0.05) is 54.4 Å². The molecular formula is C25H21N5O2. The summed E-state index contributed by atoms with van der Waals surface area (Å²) in [6.45, 7) is 0.474. The largest absolute Gasteiger partial charge is 0.330 e. The third-order valence-electron chi connectivity index (χ3n) is 6.80. The number of nitrogens with one attached hydrogen (secondary N) is 1. The van der Waals surface area contributed by atoms with Crippen LogP contribution < -0.4 is 5.32 Å². The number of aryl methyl sites for hydroxylation is 1. The molecule has 158 valence electrons. The topological polar surface area (TPSA) is 80.1 Å². The van der Waals surface area contributed by atoms with E-state index < -0.39 is 11.5 Å². The van der Waals surface area contributed by atoms with Crippen LogP contribution in [0.25, 0.3) is 10.8 Å². The summed E-state index contributed by atoms with van der Waals surface area (Å²) in [6, 6.07) is 14.9. The van der Waals surface area contributed by atoms with E-state index in [2.05, 4.69) is 15.4 Å². The van der Waals surface area contributed by atoms with Crippen molar-refractivity contribution in [2.24, 2.45) is 7.05 Å². The van der Waals surface area contributed by atoms with Gasteiger partial charge in [0.25, 0.3) is 5.91 Å². The van der Waals surface area contributed by atoms with E-state index in [1.54, 1.807) is 23.3 Å². The number of nitrogens with zero attached hydrogens (tertiary/aromatic N) is 4. The van der Waals surface area contributed by atoms with Crippen molar-refractivity contribution in [2.75, 3.05) is 11.9 Å². The Morgan fingerprint density at radius 3 is 2.84 bits per heavy atom. The number of para-hydroxylation sites is 1. The van der Waals surface area contributed by atoms with E-state index >= 15 is 0 Å². The van der Waals surface area contributed by atoms with Gasteiger partial charge in [-0.3, -0.25) is 19.3 Å². The maximum atomic E-state index is 14.0. The van der Waals surface area contributed by atoms with Crippen molar-refractivity contribution in [2.45, 2.75) is 17.9 Å². The molecule has 1 fully saturated rings. The highest BCUT2D eigenvalue weighted by molar-refractivity contribution is 6.10. The molecule has 32 heavy (non-hydrogen) atoms. The number of amides is 2. The van der Waals surface area contributed by atoms with Crippen LogP contribution in [0.2, 0.25) is 0 Å². The number of anilines is 1. The number of fused-ring (bicyclic) bond motifs is 3. The molecule has 2 aliphatic rings. The fourth-order valence-electron chi connectivity index (χ4n) is 5.41. The molecule has 1 spiro atoms. The molecule has 7 heteroatoms. The van der Waals surface area contributed by atoms with Gasteiger partial charge in [-0.05, 0) is 35.6 Å². The Kier molecular flexibility index (Phi) is 3.95. The second-order valence-corrected chi connectivity index (χ2v) is 8.47. The number of carbonyl (C=O) groups is 2. The molecule has 0 radical (unpaired) electrons. The van der Waals surface area contributed by atoms with Crippen molar-refractivity contribution in [1.29, 1.82) is 0 Å². The van der Waals surface area contributed by atoms with Gasteiger partial charge in [-0.2, -0.15) is 5.10 Å². The van der Waals surface area contributed by atoms with Crippen molar-refractivity contribution in [3.05, 3.63) is 90.0 Å². The minimum Gasteiger partial charge on any atom is -0.330 e. The predicted octanol–water partition coefficient (Wildman–Crippen LogP) is 3.45. The number of hydrogen-bond acceptors (Lipinski definition) is 4. The summed E-state index contributed by atoms with van der Waals surface area (Å²) >= 11 is 0. The van der Waals surface area contributed by atoms with Gasteiger partial charge in [-0.1, -0.05) is 30.3 Å². The molecule has 0 unspecified atom stereocenters. The van der Waals surface area contributed by atoms with Crippen LogP contribution in [0.5, 0.6) is 0 Å². The second-order valence-electron chi connectivity index (χ2n) is 8.47. The lowest BCUT2D eigenvalue weighted by Gasteiger charge is -2.33. The zero-order valence-electron chi connectivity index (χ0n) is 17.5. The van der Waals surface area contributed by atoms with Crippen molar-refractivity contribution in [3.8, 4) is 0 Å². The van der Waals surface area contributed by atoms with Gasteiger partial charge in [0.15, 0.2) is 0 Å². The molecule has 2 amide bonds. The summed E-state index contributed by atoms with van der Waals surface area (Å²) in [5, 5.41) is 9.17. The van der Waals surface area contributed by atoms with E-state index in [1.807, 2.05) is 66.7 Å². The lowest BCUT2D eigenvalue weighted by atomic mass is 9.73. The third-order valence-corrected chi connectivity index (χ3v) is 6.80. The first kappa shape index (κ1) is 18.7. The summed E-state index contributed by atoms with van der Waals surface area (Å²) in [4.78, 5) is 33.5. The zero-order valence-corrected chi connectivity index (χ0v) is 17.5. The number of rotatable bonds is 2. The number of likely N-dealkylation sites (tertiary alicyclic amines) is 1. The maximum Gasteiger partial charge on any atom is 0.255 e. The third kappa shape index (κ3) is 2.48. The lowest BCUT2D eigenvalue weighted by Crippen LogP contribution is -2.42. The second kappa shape index (κ2) is 6.75. The highest BCUT2D eigenvalue weighted by atomic mass is 16.2. The van der Waals surface area contributed by atoms with Gasteiger partial charge in [-0.25, -0.2) is 0 Å². The molecule has 2 aliphatic heterocycles. The quantitative estimate of drug-likeness (QED) is 0.536. The van der Waals surface area contributed by atoms with Crippen LogP contribution in [-0.2, 0) is 17.3 Å². The maximum absolute atomic E-state index is 14.0. The number of benzene rings is 2. The Labute approximate surface area is 184 Å². The summed E-state index contributed by atoms with van der Waals surface area (Å²) in [5.74, 6) is -0.158. The van der Waals surface area contributed by atoms with Gasteiger partial charge in [0.1, 0.15) is 5.41 Å². The van der Waals surface area contributed by atoms with Crippen LogP contribution >= 0.6 is 0 Å². The van der Waals surface area contributed by atoms with Crippen LogP contribution in [0.1, 0.15) is 33.9 Å². The molecule has 2 atom stereocenters. The molecule has 1 N–H and O–H groups in total. The van der Waals surface area contributed by atoms with E-state index in [0.717, 1.165) is 27.6 Å². The highest BCUT2D eigenvalue weighted by Crippen LogP contribution is 2.55. The Balaban J connectivity index is 1.53. The molecule has 0 saturated carbocycles. The first-order valence-electron chi connectivity index (χ1n) is 10.6. The van der Waals surface area contributed by atoms with E-state index in [9.17, 15) is 9.59 Å². The normalized spacial score (nSPS) is 21.8. The molecule has 2 aromatic carbocycles. The number of aromatic nitrogens is 3. The van der Waals surface area contributed by atoms with Crippen LogP contribution in [0, 0.1) is 0 Å². The van der Waals surface area contributed by atoms with Gasteiger partial charge in [-0.15, -0.1) is 0 Å². The first-order valence-corrected chi connectivity index (χ1v) is 10.6. The summed E-state index contributed by atoms with van der Waals surface area (Å²) < 4.78 is 1.71. The molecule has 0 bridgehead atoms. The van der Waals surface area contributed by atoms with Gasteiger partial charge in [0.2, 0.25) is 5.91 Å². The smallest absolute Gasteiger partial charge is 0.255 e. The molecule has 6 rings (SSSR count). The van der Waals surface area contributed by atoms with Gasteiger partial charge >= 0.3 is 0 Å². The Hall–Kier alpha value is -4.00. The zero-order chi connectivity index (χ0) is 21.9. The monoisotopic (exact) mass is 423 g/mol. The van der Waals surface area contributed by atoms with Crippen molar-refractivity contribution < 1.29 is 9.59 Å². The molecule has 1 saturated heterocycles. The minimum absolute atomic E-state index is 0.0648. The number of hydrogen-bond donors (Lipinski definition) is 1. The molecule has 4 aromatic rings. The van der Waals surface area contributed by atoms with E-state index in [4.69, 9.17) is 0 Å². The van der Waals surface area contributed by atoms with Crippen molar-refractivity contribution >= 4 is 28.3 Å². The Bertz CT molecular complexity index is 1390. The summed E-state index contributed by atoms with van der Waals surface area (Å²) in [5.41, 5.74) is 2.38. The average Bonchev–Trinajstić information content (AvgIpc) is 3.50. The molecule has 7 nitrogen and oxygen atoms in total. The fourth-order valence-corrected chi connectivity index (χ4v) is 5.41. The van der Waals surface area contributed by atoms with Gasteiger partial charge in [0.05, 0.1) is 12.2 Å². The molecule has 2 aromatic heterocycles. The van der Waals surface area contributed by atoms with E-state index in [1.165, 1.54) is 0 Å². The van der Waals surface area contributed by atoms with Crippen molar-refractivity contribution in [1.82, 2.24) is 19.7 Å². The van der Waals surface area contributed by atoms with Crippen LogP contribution in [0.3, 0.4) is 0 Å². The average molecular weight is 423 g/mol. The van der Waals surface area contributed by atoms with E-state index in [-0.39, 0.29) is 11.8 Å². The molecule has 4 heterocycles. The van der Waals surface area contributed by atoms with Crippen LogP contribution in [0.4, 0.5) is 5.69 Å². The lowest BCUT2D eigenvalue weighted by molar-refractivity contribution is -0.121.